The Balaban J connectivity index is 1.51. The lowest BCUT2D eigenvalue weighted by molar-refractivity contribution is -0.149. The minimum Gasteiger partial charge on any atom is -0.445 e. The van der Waals surface area contributed by atoms with Crippen LogP contribution in [0.2, 0.25) is 0 Å². The Morgan fingerprint density at radius 1 is 0.938 bits per heavy atom. The number of esters is 1. The third kappa shape index (κ3) is 8.49. The van der Waals surface area contributed by atoms with E-state index in [4.69, 9.17) is 10.5 Å². The lowest BCUT2D eigenvalue weighted by Crippen LogP contribution is -2.62. The van der Waals surface area contributed by atoms with Crippen LogP contribution in [0.15, 0.2) is 30.3 Å². The van der Waals surface area contributed by atoms with E-state index in [-0.39, 0.29) is 23.2 Å². The maximum Gasteiger partial charge on any atom is 0.330 e. The van der Waals surface area contributed by atoms with Crippen LogP contribution in [-0.4, -0.2) is 71.1 Å². The Kier molecular flexibility index (Phi) is 10.9. The Labute approximate surface area is 296 Å². The number of likely N-dealkylation sites (tertiary alicyclic amines) is 1. The minimum atomic E-state index is -1.11. The second-order valence-corrected chi connectivity index (χ2v) is 17.4. The van der Waals surface area contributed by atoms with Crippen molar-refractivity contribution in [1.82, 2.24) is 20.9 Å². The fraction of sp³-hybridized carbons (Fsp3) is 0.657. The van der Waals surface area contributed by atoms with Gasteiger partial charge in [-0.05, 0) is 63.0 Å². The van der Waals surface area contributed by atoms with Gasteiger partial charge in [0, 0.05) is 12.1 Å². The number of urea groups is 1. The van der Waals surface area contributed by atoms with E-state index in [1.807, 2.05) is 66.8 Å². The number of carbonyl (C=O) groups is 6. The Morgan fingerprint density at radius 3 is 2.02 bits per heavy atom. The molecule has 2 unspecified atom stereocenters. The van der Waals surface area contributed by atoms with Gasteiger partial charge in [0.1, 0.15) is 18.1 Å². The van der Waals surface area contributed by atoms with Crippen LogP contribution in [-0.2, 0) is 28.7 Å². The third-order valence-corrected chi connectivity index (χ3v) is 10.9. The molecule has 3 fully saturated rings. The molecule has 1 saturated heterocycles. The Bertz CT molecular complexity index is 1430. The van der Waals surface area contributed by atoms with Crippen LogP contribution in [0.3, 0.4) is 0 Å². The second-order valence-electron chi connectivity index (χ2n) is 16.2. The molecule has 3 aliphatic rings. The molecule has 1 aromatic rings. The fourth-order valence-electron chi connectivity index (χ4n) is 6.75. The number of primary amides is 1. The molecule has 2 aliphatic carbocycles. The maximum absolute atomic E-state index is 14.3. The normalized spacial score (nSPS) is 23.9. The lowest BCUT2D eigenvalue weighted by Gasteiger charge is -2.38. The molecule has 264 valence electrons. The number of fused-ring (bicyclic) bond motifs is 1. The molecular weight excluding hydrogens is 729 g/mol. The second kappa shape index (κ2) is 13.9. The van der Waals surface area contributed by atoms with E-state index in [2.05, 4.69) is 16.0 Å². The first-order chi connectivity index (χ1) is 22.1. The molecule has 5 N–H and O–H groups in total. The summed E-state index contributed by atoms with van der Waals surface area (Å²) in [5, 5.41) is 8.29. The van der Waals surface area contributed by atoms with Gasteiger partial charge in [0.25, 0.3) is 5.91 Å². The molecule has 0 aromatic heterocycles. The zero-order valence-corrected chi connectivity index (χ0v) is 31.3. The van der Waals surface area contributed by atoms with Gasteiger partial charge in [-0.3, -0.25) is 19.2 Å². The van der Waals surface area contributed by atoms with Crippen molar-refractivity contribution in [3.8, 4) is 0 Å². The summed E-state index contributed by atoms with van der Waals surface area (Å²) in [5.41, 5.74) is 4.37. The average Bonchev–Trinajstić information content (AvgIpc) is 3.84. The van der Waals surface area contributed by atoms with Crippen molar-refractivity contribution in [2.45, 2.75) is 103 Å². The van der Waals surface area contributed by atoms with Gasteiger partial charge in [-0.2, -0.15) is 0 Å². The first-order valence-electron chi connectivity index (χ1n) is 16.6. The molecule has 48 heavy (non-hydrogen) atoms. The molecule has 1 aliphatic heterocycles. The number of hydrogen-bond acceptors (Lipinski definition) is 7. The summed E-state index contributed by atoms with van der Waals surface area (Å²) in [6, 6.07) is 4.45. The van der Waals surface area contributed by atoms with Gasteiger partial charge in [0.05, 0.1) is 6.04 Å². The number of nitrogens with one attached hydrogen (secondary N) is 3. The smallest absolute Gasteiger partial charge is 0.330 e. The summed E-state index contributed by atoms with van der Waals surface area (Å²) in [5.74, 6) is -3.43. The quantitative estimate of drug-likeness (QED) is 0.108. The van der Waals surface area contributed by atoms with Gasteiger partial charge in [-0.15, -0.1) is 0 Å². The van der Waals surface area contributed by atoms with Crippen LogP contribution in [0.1, 0.15) is 84.3 Å². The predicted octanol–water partition coefficient (Wildman–Crippen LogP) is 3.61. The van der Waals surface area contributed by atoms with Gasteiger partial charge in [-0.1, -0.05) is 98.6 Å². The monoisotopic (exact) mass is 779 g/mol. The van der Waals surface area contributed by atoms with E-state index < -0.39 is 74.6 Å². The molecule has 7 atom stereocenters. The number of carbonyl (C=O) groups excluding carboxylic acids is 6. The number of amides is 5. The highest BCUT2D eigenvalue weighted by atomic mass is 127. The number of nitrogens with zero attached hydrogens (tertiary/aromatic N) is 1. The van der Waals surface area contributed by atoms with Gasteiger partial charge < -0.3 is 31.3 Å². The summed E-state index contributed by atoms with van der Waals surface area (Å²) < 4.78 is 5.15. The van der Waals surface area contributed by atoms with Crippen LogP contribution in [0, 0.1) is 34.0 Å². The van der Waals surface area contributed by atoms with E-state index in [0.29, 0.717) is 13.0 Å². The van der Waals surface area contributed by atoms with Gasteiger partial charge in [-0.25, -0.2) is 9.59 Å². The molecule has 0 spiro atoms. The number of alkyl halides is 1. The SMILES string of the molecule is CC(C)(C)[C@H](NC(=O)N[C@H](C(=O)N1C[C@H]2[C@@H]([C@H]1C(=O)NC(CC1CC1)C(=O)C(N)=O)C2(C)C)C(C)(C)C)C(=O)OC(I)c1ccccc1. The summed E-state index contributed by atoms with van der Waals surface area (Å²) in [4.78, 5) is 81.0. The van der Waals surface area contributed by atoms with Gasteiger partial charge in [0.2, 0.25) is 17.6 Å². The number of ketones is 1. The molecule has 12 nitrogen and oxygen atoms in total. The summed E-state index contributed by atoms with van der Waals surface area (Å²) >= 11 is 2.02. The van der Waals surface area contributed by atoms with Crippen molar-refractivity contribution in [3.05, 3.63) is 35.9 Å². The number of ether oxygens (including phenoxy) is 1. The van der Waals surface area contributed by atoms with Crippen molar-refractivity contribution in [1.29, 1.82) is 0 Å². The molecule has 5 amide bonds. The van der Waals surface area contributed by atoms with Crippen molar-refractivity contribution in [3.63, 3.8) is 0 Å². The van der Waals surface area contributed by atoms with Crippen molar-refractivity contribution >= 4 is 58.1 Å². The molecule has 0 bridgehead atoms. The number of halogens is 1. The molecule has 0 radical (unpaired) electrons. The first kappa shape index (κ1) is 37.6. The van der Waals surface area contributed by atoms with Gasteiger partial charge >= 0.3 is 12.0 Å². The highest BCUT2D eigenvalue weighted by Gasteiger charge is 2.70. The van der Waals surface area contributed by atoms with Crippen molar-refractivity contribution < 1.29 is 33.5 Å². The molecule has 13 heteroatoms. The molecule has 1 aromatic carbocycles. The number of hydrogen-bond donors (Lipinski definition) is 4. The maximum atomic E-state index is 14.3. The number of rotatable bonds is 12. The highest BCUT2D eigenvalue weighted by molar-refractivity contribution is 14.1. The zero-order valence-electron chi connectivity index (χ0n) is 29.1. The lowest BCUT2D eigenvalue weighted by atomic mass is 9.85. The van der Waals surface area contributed by atoms with E-state index in [1.54, 1.807) is 41.5 Å². The minimum absolute atomic E-state index is 0.0475. The molecule has 4 rings (SSSR count). The van der Waals surface area contributed by atoms with E-state index >= 15 is 0 Å². The summed E-state index contributed by atoms with van der Waals surface area (Å²) in [6.07, 6.45) is 2.13. The summed E-state index contributed by atoms with van der Waals surface area (Å²) in [7, 11) is 0. The zero-order chi connectivity index (χ0) is 35.9. The Hall–Kier alpha value is -3.23. The molecular formula is C35H50IN5O7. The molecule has 1 heterocycles. The topological polar surface area (TPSA) is 177 Å². The number of Topliss-reactive ketones (excluding diaryl/α,β-unsaturated/α-hetero) is 1. The van der Waals surface area contributed by atoms with Crippen LogP contribution < -0.4 is 21.7 Å². The average molecular weight is 780 g/mol. The number of piperidine rings is 1. The number of nitrogens with two attached hydrogens (primary N) is 1. The van der Waals surface area contributed by atoms with Crippen LogP contribution in [0.4, 0.5) is 4.79 Å². The van der Waals surface area contributed by atoms with E-state index in [9.17, 15) is 28.8 Å². The predicted molar refractivity (Wildman–Crippen MR) is 187 cm³/mol. The highest BCUT2D eigenvalue weighted by Crippen LogP contribution is 2.65. The fourth-order valence-corrected chi connectivity index (χ4v) is 7.42. The van der Waals surface area contributed by atoms with Crippen LogP contribution >= 0.6 is 22.6 Å². The Morgan fingerprint density at radius 2 is 1.50 bits per heavy atom. The standard InChI is InChI=1S/C35H50IN5O7/c1-33(2,3)25(39-32(47)40-26(34(4,5)6)31(46)48-27(36)19-12-10-9-11-13-19)30(45)41-17-20-22(35(20,7)8)23(41)29(44)38-21(16-18-14-15-18)24(42)28(37)43/h9-13,18,20-23,25-27H,14-17H2,1-8H3,(H2,37,43)(H,38,44)(H2,39,40,47)/t20-,21?,22-,23-,25+,26+,27?/m0/s1. The molecule has 2 saturated carbocycles. The van der Waals surface area contributed by atoms with E-state index in [1.165, 1.54) is 4.90 Å². The third-order valence-electron chi connectivity index (χ3n) is 9.95. The number of benzene rings is 1. The largest absolute Gasteiger partial charge is 0.445 e. The van der Waals surface area contributed by atoms with Crippen LogP contribution in [0.25, 0.3) is 0 Å². The van der Waals surface area contributed by atoms with Crippen molar-refractivity contribution in [2.75, 3.05) is 6.54 Å². The summed E-state index contributed by atoms with van der Waals surface area (Å²) in [6.45, 7) is 15.2. The first-order valence-corrected chi connectivity index (χ1v) is 17.8. The van der Waals surface area contributed by atoms with Crippen LogP contribution in [0.5, 0.6) is 0 Å². The van der Waals surface area contributed by atoms with Gasteiger partial charge in [0.15, 0.2) is 4.11 Å². The van der Waals surface area contributed by atoms with Crippen molar-refractivity contribution in [2.24, 2.45) is 39.7 Å². The van der Waals surface area contributed by atoms with E-state index in [0.717, 1.165) is 18.4 Å².